The van der Waals surface area contributed by atoms with Crippen LogP contribution in [0, 0.1) is 0 Å². The molecule has 1 aromatic carbocycles. The van der Waals surface area contributed by atoms with Crippen molar-refractivity contribution in [1.82, 2.24) is 4.90 Å². The maximum Gasteiger partial charge on any atom is 0.251 e. The molecule has 0 aliphatic carbocycles. The number of anilines is 2. The lowest BCUT2D eigenvalue weighted by molar-refractivity contribution is -0.146. The summed E-state index contributed by atoms with van der Waals surface area (Å²) in [6.07, 6.45) is 0.834. The summed E-state index contributed by atoms with van der Waals surface area (Å²) in [6.45, 7) is 3.84. The number of nitrogen functional groups attached to an aromatic ring is 1. The smallest absolute Gasteiger partial charge is 0.251 e. The predicted octanol–water partition coefficient (Wildman–Crippen LogP) is 1.62. The van der Waals surface area contributed by atoms with Gasteiger partial charge in [0.15, 0.2) is 0 Å². The second-order valence-electron chi connectivity index (χ2n) is 5.41. The number of carbonyl (C=O) groups is 2. The summed E-state index contributed by atoms with van der Waals surface area (Å²) in [5, 5.41) is 3.12. The van der Waals surface area contributed by atoms with E-state index < -0.39 is 6.04 Å². The second-order valence-corrected chi connectivity index (χ2v) is 5.41. The fourth-order valence-corrected chi connectivity index (χ4v) is 2.26. The molecule has 6 heteroatoms. The van der Waals surface area contributed by atoms with Gasteiger partial charge in [-0.05, 0) is 32.4 Å². The van der Waals surface area contributed by atoms with Crippen molar-refractivity contribution in [3.8, 4) is 5.75 Å². The number of rotatable bonds is 4. The molecular formula is C15H21N3O3. The highest BCUT2D eigenvalue weighted by atomic mass is 16.5. The van der Waals surface area contributed by atoms with Crippen molar-refractivity contribution < 1.29 is 14.3 Å². The standard InChI is InChI=1S/C15H21N3O3/c1-9(2)21-12-6-4-5-10(14(12)16)17-11-7-8-13(19)18(3)15(11)20/h4-6,9,11,17H,7-8,16H2,1-3H3. The van der Waals surface area contributed by atoms with Crippen LogP contribution in [-0.2, 0) is 9.59 Å². The van der Waals surface area contributed by atoms with E-state index >= 15 is 0 Å². The number of hydrogen-bond acceptors (Lipinski definition) is 5. The molecule has 0 aromatic heterocycles. The largest absolute Gasteiger partial charge is 0.489 e. The van der Waals surface area contributed by atoms with Crippen molar-refractivity contribution in [1.29, 1.82) is 0 Å². The van der Waals surface area contributed by atoms with E-state index in [1.54, 1.807) is 12.1 Å². The van der Waals surface area contributed by atoms with Gasteiger partial charge in [-0.2, -0.15) is 0 Å². The number of para-hydroxylation sites is 1. The van der Waals surface area contributed by atoms with Crippen molar-refractivity contribution >= 4 is 23.2 Å². The molecule has 6 nitrogen and oxygen atoms in total. The first-order chi connectivity index (χ1) is 9.90. The van der Waals surface area contributed by atoms with Crippen LogP contribution in [0.1, 0.15) is 26.7 Å². The fourth-order valence-electron chi connectivity index (χ4n) is 2.26. The Labute approximate surface area is 124 Å². The van der Waals surface area contributed by atoms with Gasteiger partial charge in [0, 0.05) is 13.5 Å². The lowest BCUT2D eigenvalue weighted by atomic mass is 10.0. The zero-order valence-electron chi connectivity index (χ0n) is 12.6. The molecule has 1 aliphatic rings. The van der Waals surface area contributed by atoms with Gasteiger partial charge in [0.2, 0.25) is 5.91 Å². The summed E-state index contributed by atoms with van der Waals surface area (Å²) in [5.74, 6) is 0.200. The Kier molecular flexibility index (Phi) is 4.35. The molecule has 0 saturated carbocycles. The predicted molar refractivity (Wildman–Crippen MR) is 81.0 cm³/mol. The fraction of sp³-hybridized carbons (Fsp3) is 0.467. The Morgan fingerprint density at radius 1 is 1.38 bits per heavy atom. The van der Waals surface area contributed by atoms with E-state index in [-0.39, 0.29) is 17.9 Å². The van der Waals surface area contributed by atoms with Crippen LogP contribution in [0.2, 0.25) is 0 Å². The van der Waals surface area contributed by atoms with Gasteiger partial charge in [-0.15, -0.1) is 0 Å². The third kappa shape index (κ3) is 3.26. The number of likely N-dealkylation sites (tertiary alicyclic amines) is 1. The summed E-state index contributed by atoms with van der Waals surface area (Å²) in [5.41, 5.74) is 7.20. The molecule has 0 radical (unpaired) electrons. The van der Waals surface area contributed by atoms with E-state index in [2.05, 4.69) is 5.32 Å². The van der Waals surface area contributed by atoms with Gasteiger partial charge in [-0.3, -0.25) is 14.5 Å². The Hall–Kier alpha value is -2.24. The maximum atomic E-state index is 12.1. The SMILES string of the molecule is CC(C)Oc1cccc(NC2CCC(=O)N(C)C2=O)c1N. The second kappa shape index (κ2) is 6.03. The quantitative estimate of drug-likeness (QED) is 0.650. The topological polar surface area (TPSA) is 84.7 Å². The number of benzene rings is 1. The van der Waals surface area contributed by atoms with Gasteiger partial charge in [0.25, 0.3) is 5.91 Å². The van der Waals surface area contributed by atoms with E-state index in [9.17, 15) is 9.59 Å². The number of carbonyl (C=O) groups excluding carboxylic acids is 2. The Balaban J connectivity index is 2.16. The number of amides is 2. The Morgan fingerprint density at radius 3 is 2.76 bits per heavy atom. The molecule has 1 aromatic rings. The molecule has 1 heterocycles. The van der Waals surface area contributed by atoms with Gasteiger partial charge in [-0.1, -0.05) is 6.07 Å². The van der Waals surface area contributed by atoms with Crippen LogP contribution in [0.25, 0.3) is 0 Å². The molecule has 1 aliphatic heterocycles. The zero-order valence-corrected chi connectivity index (χ0v) is 12.6. The average Bonchev–Trinajstić information content (AvgIpc) is 2.43. The normalized spacial score (nSPS) is 19.0. The van der Waals surface area contributed by atoms with Crippen molar-refractivity contribution in [3.05, 3.63) is 18.2 Å². The molecule has 114 valence electrons. The van der Waals surface area contributed by atoms with Gasteiger partial charge >= 0.3 is 0 Å². The summed E-state index contributed by atoms with van der Waals surface area (Å²) >= 11 is 0. The summed E-state index contributed by atoms with van der Waals surface area (Å²) in [4.78, 5) is 24.7. The Bertz CT molecular complexity index is 557. The highest BCUT2D eigenvalue weighted by Crippen LogP contribution is 2.31. The van der Waals surface area contributed by atoms with Gasteiger partial charge in [-0.25, -0.2) is 0 Å². The van der Waals surface area contributed by atoms with Gasteiger partial charge in [0.05, 0.1) is 17.5 Å². The summed E-state index contributed by atoms with van der Waals surface area (Å²) in [6, 6.07) is 4.97. The summed E-state index contributed by atoms with van der Waals surface area (Å²) in [7, 11) is 1.50. The van der Waals surface area contributed by atoms with Crippen molar-refractivity contribution in [2.45, 2.75) is 38.8 Å². The van der Waals surface area contributed by atoms with Crippen LogP contribution < -0.4 is 15.8 Å². The van der Waals surface area contributed by atoms with Crippen molar-refractivity contribution in [2.24, 2.45) is 0 Å². The lowest BCUT2D eigenvalue weighted by Gasteiger charge is -2.29. The Morgan fingerprint density at radius 2 is 2.10 bits per heavy atom. The van der Waals surface area contributed by atoms with E-state index in [0.717, 1.165) is 4.90 Å². The number of imide groups is 1. The first kappa shape index (κ1) is 15.2. The van der Waals surface area contributed by atoms with Crippen LogP contribution >= 0.6 is 0 Å². The van der Waals surface area contributed by atoms with Crippen LogP contribution in [0.5, 0.6) is 5.75 Å². The number of nitrogens with two attached hydrogens (primary N) is 1. The molecule has 2 amide bonds. The van der Waals surface area contributed by atoms with E-state index in [1.165, 1.54) is 7.05 Å². The molecule has 1 unspecified atom stereocenters. The number of likely N-dealkylation sites (N-methyl/N-ethyl adjacent to an activating group) is 1. The van der Waals surface area contributed by atoms with Crippen LogP contribution in [0.3, 0.4) is 0 Å². The first-order valence-corrected chi connectivity index (χ1v) is 7.02. The molecule has 1 atom stereocenters. The maximum absolute atomic E-state index is 12.1. The number of ether oxygens (including phenoxy) is 1. The molecule has 3 N–H and O–H groups in total. The highest BCUT2D eigenvalue weighted by molar-refractivity contribution is 6.01. The van der Waals surface area contributed by atoms with Crippen molar-refractivity contribution in [2.75, 3.05) is 18.1 Å². The molecule has 1 fully saturated rings. The molecule has 0 spiro atoms. The van der Waals surface area contributed by atoms with Gasteiger partial charge < -0.3 is 15.8 Å². The summed E-state index contributed by atoms with van der Waals surface area (Å²) < 4.78 is 5.63. The van der Waals surface area contributed by atoms with E-state index in [0.29, 0.717) is 30.0 Å². The number of hydrogen-bond donors (Lipinski definition) is 2. The lowest BCUT2D eigenvalue weighted by Crippen LogP contribution is -2.48. The van der Waals surface area contributed by atoms with Gasteiger partial charge in [0.1, 0.15) is 11.8 Å². The van der Waals surface area contributed by atoms with E-state index in [1.807, 2.05) is 19.9 Å². The minimum atomic E-state index is -0.440. The molecular weight excluding hydrogens is 270 g/mol. The zero-order chi connectivity index (χ0) is 15.6. The van der Waals surface area contributed by atoms with Crippen LogP contribution in [0.4, 0.5) is 11.4 Å². The molecule has 1 saturated heterocycles. The first-order valence-electron chi connectivity index (χ1n) is 7.02. The highest BCUT2D eigenvalue weighted by Gasteiger charge is 2.32. The van der Waals surface area contributed by atoms with Crippen LogP contribution in [-0.4, -0.2) is 35.9 Å². The number of nitrogens with zero attached hydrogens (tertiary/aromatic N) is 1. The number of piperidine rings is 1. The monoisotopic (exact) mass is 291 g/mol. The molecule has 2 rings (SSSR count). The minimum Gasteiger partial charge on any atom is -0.489 e. The molecule has 0 bridgehead atoms. The van der Waals surface area contributed by atoms with Crippen molar-refractivity contribution in [3.63, 3.8) is 0 Å². The average molecular weight is 291 g/mol. The number of nitrogens with one attached hydrogen (secondary N) is 1. The minimum absolute atomic E-state index is 0.0163. The third-order valence-corrected chi connectivity index (χ3v) is 3.41. The van der Waals surface area contributed by atoms with Crippen LogP contribution in [0.15, 0.2) is 18.2 Å². The van der Waals surface area contributed by atoms with E-state index in [4.69, 9.17) is 10.5 Å². The molecule has 21 heavy (non-hydrogen) atoms. The third-order valence-electron chi connectivity index (χ3n) is 3.41.